The van der Waals surface area contributed by atoms with Crippen LogP contribution in [-0.2, 0) is 19.2 Å². The van der Waals surface area contributed by atoms with Crippen molar-refractivity contribution in [3.05, 3.63) is 35.9 Å². The second-order valence-electron chi connectivity index (χ2n) is 12.9. The summed E-state index contributed by atoms with van der Waals surface area (Å²) in [7, 11) is 0. The number of hydrogen-bond acceptors (Lipinski definition) is 6. The molecule has 4 aliphatic rings. The van der Waals surface area contributed by atoms with Gasteiger partial charge in [-0.2, -0.15) is 0 Å². The number of Topliss-reactive ketones (excluding diaryl/α,β-unsaturated/α-hetero) is 1. The largest absolute Gasteiger partial charge is 0.363 e. The van der Waals surface area contributed by atoms with Gasteiger partial charge in [0.2, 0.25) is 23.5 Å². The van der Waals surface area contributed by atoms with Crippen LogP contribution in [0.15, 0.2) is 35.9 Å². The lowest BCUT2D eigenvalue weighted by molar-refractivity contribution is -0.143. The predicted octanol–water partition coefficient (Wildman–Crippen LogP) is 3.06. The van der Waals surface area contributed by atoms with Crippen LogP contribution in [0.3, 0.4) is 0 Å². The minimum Gasteiger partial charge on any atom is -0.363 e. The van der Waals surface area contributed by atoms with Crippen molar-refractivity contribution < 1.29 is 19.2 Å². The standard InChI is InChI=1S/C31H40N6O4/c1-31(2)19-16-37(25(23(19)31)28(40)33-22(26(38)27(32)39)15-17-9-8-10-17)29(41)24(18-11-4-3-5-12-18)36-30-34-20-13-6-7-14-21(20)35-30/h6-7,11,13-14,17,19,22-25H,3-5,8-10,12,15-16H2,1-2H3,(H2,32,39)(H,33,40)(H2,34,35,36)/t19-,22?,23?,24-,25-/m0/s1. The summed E-state index contributed by atoms with van der Waals surface area (Å²) in [5, 5.41) is 6.23. The second-order valence-corrected chi connectivity index (χ2v) is 12.9. The maximum Gasteiger partial charge on any atom is 0.287 e. The van der Waals surface area contributed by atoms with Gasteiger partial charge in [0.05, 0.1) is 17.1 Å². The normalized spacial score (nSPS) is 26.3. The van der Waals surface area contributed by atoms with Crippen LogP contribution >= 0.6 is 0 Å². The van der Waals surface area contributed by atoms with Crippen LogP contribution in [0.25, 0.3) is 11.0 Å². The number of para-hydroxylation sites is 2. The van der Waals surface area contributed by atoms with Crippen molar-refractivity contribution in [2.45, 2.75) is 83.3 Å². The molecule has 0 radical (unpaired) electrons. The zero-order valence-electron chi connectivity index (χ0n) is 23.8. The number of ketones is 1. The van der Waals surface area contributed by atoms with E-state index in [0.29, 0.717) is 18.9 Å². The van der Waals surface area contributed by atoms with E-state index in [0.717, 1.165) is 61.6 Å². The van der Waals surface area contributed by atoms with Gasteiger partial charge < -0.3 is 26.3 Å². The van der Waals surface area contributed by atoms with Gasteiger partial charge in [0.25, 0.3) is 5.91 Å². The first kappa shape index (κ1) is 27.5. The molecule has 10 heteroatoms. The number of benzene rings is 1. The number of aromatic nitrogens is 2. The van der Waals surface area contributed by atoms with Gasteiger partial charge in [0.15, 0.2) is 0 Å². The molecule has 1 aromatic carbocycles. The van der Waals surface area contributed by atoms with E-state index in [1.165, 1.54) is 0 Å². The topological polar surface area (TPSA) is 150 Å². The Bertz CT molecular complexity index is 1380. The molecule has 5 atom stereocenters. The molecule has 3 fully saturated rings. The number of carbonyl (C=O) groups is 4. The number of nitrogens with zero attached hydrogens (tertiary/aromatic N) is 2. The number of piperidine rings is 1. The zero-order valence-corrected chi connectivity index (χ0v) is 23.8. The highest BCUT2D eigenvalue weighted by Gasteiger charge is 2.69. The molecule has 1 saturated heterocycles. The first-order chi connectivity index (χ1) is 19.6. The van der Waals surface area contributed by atoms with Gasteiger partial charge in [-0.05, 0) is 73.0 Å². The smallest absolute Gasteiger partial charge is 0.287 e. The average molecular weight is 561 g/mol. The molecule has 5 N–H and O–H groups in total. The van der Waals surface area contributed by atoms with Crippen LogP contribution in [0.5, 0.6) is 0 Å². The van der Waals surface area contributed by atoms with Crippen molar-refractivity contribution >= 4 is 40.5 Å². The van der Waals surface area contributed by atoms with E-state index in [2.05, 4.69) is 40.5 Å². The highest BCUT2D eigenvalue weighted by molar-refractivity contribution is 6.37. The SMILES string of the molecule is CC1(C)C2[C@@H](C(=O)NC(CC3CCC3)C(=O)C(N)=O)N(C(=O)[C@@H](Nc3nc4ccccc4[nH]3)C3=CCCCC3)C[C@@H]21. The minimum atomic E-state index is -1.04. The molecule has 0 spiro atoms. The first-order valence-electron chi connectivity index (χ1n) is 15.0. The summed E-state index contributed by atoms with van der Waals surface area (Å²) < 4.78 is 0. The number of hydrogen-bond donors (Lipinski definition) is 4. The maximum atomic E-state index is 14.4. The molecule has 2 heterocycles. The van der Waals surface area contributed by atoms with E-state index in [4.69, 9.17) is 5.73 Å². The number of imidazole rings is 1. The zero-order chi connectivity index (χ0) is 28.9. The van der Waals surface area contributed by atoms with Crippen molar-refractivity contribution in [3.63, 3.8) is 0 Å². The minimum absolute atomic E-state index is 0.0216. The molecule has 1 aliphatic heterocycles. The Morgan fingerprint density at radius 2 is 1.93 bits per heavy atom. The number of carbonyl (C=O) groups excluding carboxylic acids is 4. The number of amides is 3. The molecule has 3 amide bonds. The van der Waals surface area contributed by atoms with E-state index in [1.54, 1.807) is 4.90 Å². The molecule has 2 unspecified atom stereocenters. The Balaban J connectivity index is 1.27. The highest BCUT2D eigenvalue weighted by Crippen LogP contribution is 2.65. The van der Waals surface area contributed by atoms with Crippen LogP contribution in [0.1, 0.15) is 65.2 Å². The van der Waals surface area contributed by atoms with Crippen molar-refractivity contribution in [1.29, 1.82) is 0 Å². The number of H-pyrrole nitrogens is 1. The monoisotopic (exact) mass is 560 g/mol. The lowest BCUT2D eigenvalue weighted by Gasteiger charge is -2.35. The fraction of sp³-hybridized carbons (Fsp3) is 0.581. The van der Waals surface area contributed by atoms with E-state index in [1.807, 2.05) is 24.3 Å². The van der Waals surface area contributed by atoms with Crippen LogP contribution in [0.2, 0.25) is 0 Å². The van der Waals surface area contributed by atoms with Crippen LogP contribution in [0.4, 0.5) is 5.95 Å². The summed E-state index contributed by atoms with van der Waals surface area (Å²) in [5.41, 5.74) is 7.94. The number of likely N-dealkylation sites (tertiary alicyclic amines) is 1. The third-order valence-corrected chi connectivity index (χ3v) is 10.0. The summed E-state index contributed by atoms with van der Waals surface area (Å²) in [5.74, 6) is -1.41. The average Bonchev–Trinajstić information content (AvgIpc) is 3.29. The van der Waals surface area contributed by atoms with Crippen LogP contribution < -0.4 is 16.4 Å². The summed E-state index contributed by atoms with van der Waals surface area (Å²) in [4.78, 5) is 62.4. The van der Waals surface area contributed by atoms with Gasteiger partial charge in [-0.25, -0.2) is 4.98 Å². The Kier molecular flexibility index (Phi) is 7.11. The van der Waals surface area contributed by atoms with Crippen molar-refractivity contribution in [1.82, 2.24) is 20.2 Å². The number of allylic oxidation sites excluding steroid dienone is 1. The van der Waals surface area contributed by atoms with E-state index >= 15 is 0 Å². The predicted molar refractivity (Wildman–Crippen MR) is 154 cm³/mol. The summed E-state index contributed by atoms with van der Waals surface area (Å²) in [6.45, 7) is 4.72. The number of nitrogens with two attached hydrogens (primary N) is 1. The van der Waals surface area contributed by atoms with Gasteiger partial charge in [-0.1, -0.05) is 51.3 Å². The highest BCUT2D eigenvalue weighted by atomic mass is 16.2. The van der Waals surface area contributed by atoms with Gasteiger partial charge in [-0.15, -0.1) is 0 Å². The van der Waals surface area contributed by atoms with Crippen LogP contribution in [-0.4, -0.2) is 63.0 Å². The van der Waals surface area contributed by atoms with Crippen LogP contribution in [0, 0.1) is 23.2 Å². The second kappa shape index (κ2) is 10.6. The number of nitrogens with one attached hydrogen (secondary N) is 3. The van der Waals surface area contributed by atoms with E-state index in [9.17, 15) is 19.2 Å². The quantitative estimate of drug-likeness (QED) is 0.259. The maximum absolute atomic E-state index is 14.4. The molecule has 2 aromatic rings. The Hall–Kier alpha value is -3.69. The molecule has 3 aliphatic carbocycles. The molecule has 2 saturated carbocycles. The molecular formula is C31H40N6O4. The van der Waals surface area contributed by atoms with Gasteiger partial charge in [0, 0.05) is 6.54 Å². The molecule has 0 bridgehead atoms. The van der Waals surface area contributed by atoms with Gasteiger partial charge in [-0.3, -0.25) is 19.2 Å². The lowest BCUT2D eigenvalue weighted by Crippen LogP contribution is -2.57. The van der Waals surface area contributed by atoms with Gasteiger partial charge in [0.1, 0.15) is 12.1 Å². The fourth-order valence-corrected chi connectivity index (χ4v) is 7.30. The van der Waals surface area contributed by atoms with Crippen molar-refractivity contribution in [2.24, 2.45) is 28.9 Å². The number of rotatable bonds is 10. The van der Waals surface area contributed by atoms with Crippen molar-refractivity contribution in [3.8, 4) is 0 Å². The number of primary amides is 1. The van der Waals surface area contributed by atoms with E-state index < -0.39 is 29.8 Å². The third kappa shape index (κ3) is 5.13. The Labute approximate surface area is 239 Å². The molecular weight excluding hydrogens is 520 g/mol. The van der Waals surface area contributed by atoms with Gasteiger partial charge >= 0.3 is 0 Å². The van der Waals surface area contributed by atoms with E-state index in [-0.39, 0.29) is 35.0 Å². The molecule has 218 valence electrons. The lowest BCUT2D eigenvalue weighted by atomic mass is 9.80. The number of anilines is 1. The Morgan fingerprint density at radius 3 is 2.59 bits per heavy atom. The van der Waals surface area contributed by atoms with Crippen molar-refractivity contribution in [2.75, 3.05) is 11.9 Å². The summed E-state index contributed by atoms with van der Waals surface area (Å²) >= 11 is 0. The molecule has 1 aromatic heterocycles. The number of fused-ring (bicyclic) bond motifs is 2. The molecule has 6 rings (SSSR count). The Morgan fingerprint density at radius 1 is 1.15 bits per heavy atom. The molecule has 41 heavy (non-hydrogen) atoms. The first-order valence-corrected chi connectivity index (χ1v) is 15.0. The third-order valence-electron chi connectivity index (χ3n) is 10.0. The summed E-state index contributed by atoms with van der Waals surface area (Å²) in [6.07, 6.45) is 9.32. The molecule has 10 nitrogen and oxygen atoms in total. The number of aromatic amines is 1. The fourth-order valence-electron chi connectivity index (χ4n) is 7.30. The summed E-state index contributed by atoms with van der Waals surface area (Å²) in [6, 6.07) is 5.35.